The van der Waals surface area contributed by atoms with Crippen LogP contribution in [0.4, 0.5) is 5.82 Å². The van der Waals surface area contributed by atoms with Crippen LogP contribution in [0, 0.1) is 17.8 Å². The SMILES string of the molecule is Nc1ncnc2c1ncn2[C@@H]1O[C@H](CO)[C@@H](OC(=O)C2CC3C=CC2C3)[C@H]1O. The van der Waals surface area contributed by atoms with Gasteiger partial charge in [0.1, 0.15) is 24.1 Å². The minimum absolute atomic E-state index is 0.192. The van der Waals surface area contributed by atoms with Gasteiger partial charge in [0.2, 0.25) is 0 Å². The van der Waals surface area contributed by atoms with Gasteiger partial charge in [-0.15, -0.1) is 0 Å². The third-order valence-electron chi connectivity index (χ3n) is 5.98. The number of allylic oxidation sites excluding steroid dienone is 2. The van der Waals surface area contributed by atoms with E-state index in [-0.39, 0.29) is 23.6 Å². The van der Waals surface area contributed by atoms with Crippen molar-refractivity contribution in [2.75, 3.05) is 12.3 Å². The Balaban J connectivity index is 1.38. The zero-order valence-electron chi connectivity index (χ0n) is 15.0. The van der Waals surface area contributed by atoms with Crippen LogP contribution in [0.1, 0.15) is 19.1 Å². The first-order chi connectivity index (χ1) is 13.6. The van der Waals surface area contributed by atoms with Gasteiger partial charge in [-0.1, -0.05) is 12.2 Å². The van der Waals surface area contributed by atoms with Crippen molar-refractivity contribution < 1.29 is 24.5 Å². The quantitative estimate of drug-likeness (QED) is 0.479. The lowest BCUT2D eigenvalue weighted by Crippen LogP contribution is -2.39. The van der Waals surface area contributed by atoms with Gasteiger partial charge in [0.05, 0.1) is 18.9 Å². The second kappa shape index (κ2) is 6.50. The molecule has 0 aromatic carbocycles. The molecule has 0 radical (unpaired) electrons. The first-order valence-electron chi connectivity index (χ1n) is 9.33. The molecule has 28 heavy (non-hydrogen) atoms. The summed E-state index contributed by atoms with van der Waals surface area (Å²) in [7, 11) is 0. The number of rotatable bonds is 4. The fourth-order valence-electron chi connectivity index (χ4n) is 4.57. The summed E-state index contributed by atoms with van der Waals surface area (Å²) >= 11 is 0. The molecule has 1 saturated heterocycles. The Morgan fingerprint density at radius 1 is 1.32 bits per heavy atom. The van der Waals surface area contributed by atoms with Crippen molar-refractivity contribution in [2.45, 2.75) is 37.4 Å². The standard InChI is InChI=1S/C18H21N5O5/c19-15-12-16(21-6-20-15)23(7-22-12)17-13(25)14(11(5-24)27-17)28-18(26)10-4-8-1-2-9(10)3-8/h1-2,6-11,13-14,17,24-25H,3-5H2,(H2,19,20,21)/t8?,9?,10?,11-,13-,14-,17-/m1/s1. The van der Waals surface area contributed by atoms with Gasteiger partial charge in [0, 0.05) is 0 Å². The van der Waals surface area contributed by atoms with E-state index >= 15 is 0 Å². The summed E-state index contributed by atoms with van der Waals surface area (Å²) in [6.45, 7) is -0.397. The second-order valence-corrected chi connectivity index (χ2v) is 7.61. The van der Waals surface area contributed by atoms with Gasteiger partial charge in [-0.3, -0.25) is 9.36 Å². The maximum atomic E-state index is 12.7. The molecule has 4 N–H and O–H groups in total. The number of fused-ring (bicyclic) bond motifs is 3. The maximum absolute atomic E-state index is 12.7. The van der Waals surface area contributed by atoms with Gasteiger partial charge in [0.15, 0.2) is 23.8 Å². The van der Waals surface area contributed by atoms with Crippen molar-refractivity contribution in [1.29, 1.82) is 0 Å². The largest absolute Gasteiger partial charge is 0.456 e. The smallest absolute Gasteiger partial charge is 0.310 e. The lowest BCUT2D eigenvalue weighted by Gasteiger charge is -2.24. The number of hydrogen-bond acceptors (Lipinski definition) is 9. The summed E-state index contributed by atoms with van der Waals surface area (Å²) in [5, 5.41) is 20.5. The van der Waals surface area contributed by atoms with Crippen LogP contribution in [0.15, 0.2) is 24.8 Å². The maximum Gasteiger partial charge on any atom is 0.310 e. The van der Waals surface area contributed by atoms with Crippen molar-refractivity contribution in [1.82, 2.24) is 19.5 Å². The van der Waals surface area contributed by atoms with Crippen molar-refractivity contribution in [3.05, 3.63) is 24.8 Å². The number of nitrogens with two attached hydrogens (primary N) is 1. The Kier molecular flexibility index (Phi) is 4.07. The van der Waals surface area contributed by atoms with Gasteiger partial charge in [0.25, 0.3) is 0 Å². The topological polar surface area (TPSA) is 146 Å². The van der Waals surface area contributed by atoms with E-state index in [9.17, 15) is 15.0 Å². The van der Waals surface area contributed by atoms with Crippen LogP contribution in [0.25, 0.3) is 11.2 Å². The van der Waals surface area contributed by atoms with E-state index < -0.39 is 31.1 Å². The molecular weight excluding hydrogens is 366 g/mol. The molecule has 5 rings (SSSR count). The first kappa shape index (κ1) is 17.5. The zero-order valence-corrected chi connectivity index (χ0v) is 15.0. The van der Waals surface area contributed by atoms with Crippen molar-refractivity contribution >= 4 is 23.0 Å². The first-order valence-corrected chi connectivity index (χ1v) is 9.33. The van der Waals surface area contributed by atoms with Gasteiger partial charge >= 0.3 is 5.97 Å². The summed E-state index contributed by atoms with van der Waals surface area (Å²) in [6, 6.07) is 0. The highest BCUT2D eigenvalue weighted by atomic mass is 16.6. The molecule has 1 aliphatic heterocycles. The number of aliphatic hydroxyl groups excluding tert-OH is 2. The highest BCUT2D eigenvalue weighted by Gasteiger charge is 2.49. The van der Waals surface area contributed by atoms with Crippen molar-refractivity contribution in [3.63, 3.8) is 0 Å². The minimum atomic E-state index is -1.19. The second-order valence-electron chi connectivity index (χ2n) is 7.61. The number of nitrogen functional groups attached to an aromatic ring is 1. The van der Waals surface area contributed by atoms with Crippen LogP contribution in [0.5, 0.6) is 0 Å². The molecule has 2 aromatic heterocycles. The molecule has 7 atom stereocenters. The number of carbonyl (C=O) groups is 1. The molecule has 3 unspecified atom stereocenters. The minimum Gasteiger partial charge on any atom is -0.456 e. The Bertz CT molecular complexity index is 946. The summed E-state index contributed by atoms with van der Waals surface area (Å²) in [6.07, 6.45) is 4.72. The zero-order chi connectivity index (χ0) is 19.4. The molecule has 3 heterocycles. The number of imidazole rings is 1. The normalized spacial score (nSPS) is 36.4. The van der Waals surface area contributed by atoms with Crippen LogP contribution in [-0.4, -0.2) is 60.6 Å². The highest BCUT2D eigenvalue weighted by Crippen LogP contribution is 2.44. The molecule has 3 aliphatic rings. The number of carbonyl (C=O) groups excluding carboxylic acids is 1. The number of ether oxygens (including phenoxy) is 2. The monoisotopic (exact) mass is 387 g/mol. The fourth-order valence-corrected chi connectivity index (χ4v) is 4.57. The number of nitrogens with zero attached hydrogens (tertiary/aromatic N) is 4. The molecule has 10 heteroatoms. The van der Waals surface area contributed by atoms with E-state index in [4.69, 9.17) is 15.2 Å². The van der Waals surface area contributed by atoms with Crippen molar-refractivity contribution in [2.24, 2.45) is 17.8 Å². The Hall–Kier alpha value is -2.56. The number of aliphatic hydroxyl groups is 2. The molecule has 0 spiro atoms. The molecule has 2 aliphatic carbocycles. The molecule has 2 aromatic rings. The summed E-state index contributed by atoms with van der Waals surface area (Å²) in [4.78, 5) is 24.9. The van der Waals surface area contributed by atoms with E-state index in [1.54, 1.807) is 0 Å². The van der Waals surface area contributed by atoms with E-state index in [2.05, 4.69) is 27.1 Å². The van der Waals surface area contributed by atoms with Gasteiger partial charge in [-0.05, 0) is 24.7 Å². The third-order valence-corrected chi connectivity index (χ3v) is 5.98. The summed E-state index contributed by atoms with van der Waals surface area (Å²) in [5.74, 6) is 0.267. The predicted molar refractivity (Wildman–Crippen MR) is 95.5 cm³/mol. The molecule has 2 fully saturated rings. The van der Waals surface area contributed by atoms with E-state index in [1.807, 2.05) is 0 Å². The van der Waals surface area contributed by atoms with E-state index in [0.29, 0.717) is 17.1 Å². The molecule has 2 bridgehead atoms. The lowest BCUT2D eigenvalue weighted by atomic mass is 9.93. The van der Waals surface area contributed by atoms with E-state index in [1.165, 1.54) is 17.2 Å². The molecule has 0 amide bonds. The lowest BCUT2D eigenvalue weighted by molar-refractivity contribution is -0.162. The van der Waals surface area contributed by atoms with Crippen LogP contribution < -0.4 is 5.73 Å². The van der Waals surface area contributed by atoms with Crippen LogP contribution >= 0.6 is 0 Å². The summed E-state index contributed by atoms with van der Waals surface area (Å²) in [5.41, 5.74) is 6.57. The number of anilines is 1. The van der Waals surface area contributed by atoms with E-state index in [0.717, 1.165) is 12.8 Å². The number of hydrogen-bond donors (Lipinski definition) is 3. The number of aromatic nitrogens is 4. The van der Waals surface area contributed by atoms with Crippen LogP contribution in [-0.2, 0) is 14.3 Å². The fraction of sp³-hybridized carbons (Fsp3) is 0.556. The predicted octanol–water partition coefficient (Wildman–Crippen LogP) is -0.217. The third kappa shape index (κ3) is 2.60. The van der Waals surface area contributed by atoms with Crippen molar-refractivity contribution in [3.8, 4) is 0 Å². The summed E-state index contributed by atoms with van der Waals surface area (Å²) < 4.78 is 12.9. The van der Waals surface area contributed by atoms with Gasteiger partial charge in [-0.2, -0.15) is 0 Å². The highest BCUT2D eigenvalue weighted by molar-refractivity contribution is 5.81. The molecular formula is C18H21N5O5. The number of esters is 1. The van der Waals surface area contributed by atoms with Crippen LogP contribution in [0.3, 0.4) is 0 Å². The average Bonchev–Trinajstić information content (AvgIpc) is 3.46. The van der Waals surface area contributed by atoms with Crippen LogP contribution in [0.2, 0.25) is 0 Å². The Morgan fingerprint density at radius 2 is 2.18 bits per heavy atom. The average molecular weight is 387 g/mol. The molecule has 10 nitrogen and oxygen atoms in total. The van der Waals surface area contributed by atoms with Gasteiger partial charge < -0.3 is 25.4 Å². The Morgan fingerprint density at radius 3 is 2.89 bits per heavy atom. The Labute approximate surface area is 160 Å². The molecule has 148 valence electrons. The van der Waals surface area contributed by atoms with Gasteiger partial charge in [-0.25, -0.2) is 15.0 Å². The molecule has 1 saturated carbocycles.